The molecule has 0 unspecified atom stereocenters. The first-order valence-electron chi connectivity index (χ1n) is 6.36. The second-order valence-corrected chi connectivity index (χ2v) is 4.61. The predicted molar refractivity (Wildman–Crippen MR) is 77.4 cm³/mol. The Morgan fingerprint density at radius 3 is 1.59 bits per heavy atom. The highest BCUT2D eigenvalue weighted by molar-refractivity contribution is 5.67. The van der Waals surface area contributed by atoms with Gasteiger partial charge in [-0.25, -0.2) is 19.9 Å². The van der Waals surface area contributed by atoms with Crippen molar-refractivity contribution in [1.82, 2.24) is 39.0 Å². The van der Waals surface area contributed by atoms with Gasteiger partial charge in [-0.05, 0) is 0 Å². The molecule has 0 aromatic carbocycles. The normalized spacial score (nSPS) is 10.6. The summed E-state index contributed by atoms with van der Waals surface area (Å²) in [5.74, 6) is 0. The van der Waals surface area contributed by atoms with Crippen molar-refractivity contribution in [2.24, 2.45) is 14.1 Å². The third-order valence-corrected chi connectivity index (χ3v) is 3.12. The number of H-pyrrole nitrogens is 2. The molecule has 4 N–H and O–H groups in total. The second kappa shape index (κ2) is 5.24. The molecule has 4 rings (SSSR count). The minimum Gasteiger partial charge on any atom is -0.340 e. The van der Waals surface area contributed by atoms with E-state index in [0.717, 1.165) is 0 Å². The Balaban J connectivity index is 0.000000131. The number of hydrogen-bond acceptors (Lipinski definition) is 6. The largest absolute Gasteiger partial charge is 0.340 e. The Morgan fingerprint density at radius 1 is 0.773 bits per heavy atom. The van der Waals surface area contributed by atoms with Gasteiger partial charge in [-0.2, -0.15) is 0 Å². The molecule has 0 amide bonds. The van der Waals surface area contributed by atoms with Gasteiger partial charge in [0.15, 0.2) is 22.3 Å². The Hall–Kier alpha value is -3.30. The van der Waals surface area contributed by atoms with Gasteiger partial charge in [0.2, 0.25) is 0 Å². The molecule has 4 aromatic heterocycles. The summed E-state index contributed by atoms with van der Waals surface area (Å²) in [7, 11) is 3.55. The molecule has 112 valence electrons. The van der Waals surface area contributed by atoms with E-state index >= 15 is 0 Å². The molecule has 0 spiro atoms. The van der Waals surface area contributed by atoms with Crippen molar-refractivity contribution in [3.05, 3.63) is 36.3 Å². The fourth-order valence-electron chi connectivity index (χ4n) is 1.87. The molecular weight excluding hydrogens is 284 g/mol. The Kier molecular flexibility index (Phi) is 3.26. The summed E-state index contributed by atoms with van der Waals surface area (Å²) in [5.41, 5.74) is 3.33. The monoisotopic (exact) mass is 298 g/mol. The maximum absolute atomic E-state index is 7.56. The van der Waals surface area contributed by atoms with Gasteiger partial charge in [-0.15, -0.1) is 0 Å². The highest BCUT2D eigenvalue weighted by Gasteiger charge is 1.99. The number of aromatic amines is 2. The van der Waals surface area contributed by atoms with Crippen LogP contribution in [0.4, 0.5) is 0 Å². The van der Waals surface area contributed by atoms with Crippen molar-refractivity contribution in [2.45, 2.75) is 0 Å². The van der Waals surface area contributed by atoms with E-state index in [-0.39, 0.29) is 0 Å². The van der Waals surface area contributed by atoms with E-state index in [0.29, 0.717) is 33.3 Å². The van der Waals surface area contributed by atoms with Crippen LogP contribution in [0.2, 0.25) is 0 Å². The van der Waals surface area contributed by atoms with E-state index in [1.807, 2.05) is 0 Å². The first-order chi connectivity index (χ1) is 10.6. The van der Waals surface area contributed by atoms with Crippen molar-refractivity contribution in [1.29, 1.82) is 10.8 Å². The van der Waals surface area contributed by atoms with Crippen LogP contribution in [0.1, 0.15) is 0 Å². The Labute approximate surface area is 123 Å². The predicted octanol–water partition coefficient (Wildman–Crippen LogP) is -0.448. The van der Waals surface area contributed by atoms with E-state index < -0.39 is 0 Å². The minimum absolute atomic E-state index is 0.396. The number of rotatable bonds is 0. The number of hydrogen-bond donors (Lipinski definition) is 4. The zero-order chi connectivity index (χ0) is 15.7. The standard InChI is InChI=1S/2C6H7N5/c2*1-11-3-10-6-4(5(11)7)8-2-9-6/h2*2-3,7H,1H3,(H,8,9). The third kappa shape index (κ3) is 2.26. The molecule has 10 nitrogen and oxygen atoms in total. The van der Waals surface area contributed by atoms with Crippen LogP contribution >= 0.6 is 0 Å². The molecule has 0 saturated carbocycles. The molecule has 0 aliphatic rings. The molecular formula is C12H14N10. The van der Waals surface area contributed by atoms with Crippen LogP contribution in [0.25, 0.3) is 22.3 Å². The molecule has 0 fully saturated rings. The summed E-state index contributed by atoms with van der Waals surface area (Å²) in [6.07, 6.45) is 6.22. The first-order valence-corrected chi connectivity index (χ1v) is 6.36. The number of aromatic nitrogens is 8. The zero-order valence-electron chi connectivity index (χ0n) is 12.0. The fourth-order valence-corrected chi connectivity index (χ4v) is 1.87. The van der Waals surface area contributed by atoms with Gasteiger partial charge in [-0.1, -0.05) is 0 Å². The van der Waals surface area contributed by atoms with Gasteiger partial charge in [0.05, 0.1) is 25.3 Å². The summed E-state index contributed by atoms with van der Waals surface area (Å²) in [4.78, 5) is 21.5. The molecule has 0 radical (unpaired) electrons. The van der Waals surface area contributed by atoms with Crippen LogP contribution < -0.4 is 11.0 Å². The van der Waals surface area contributed by atoms with Crippen molar-refractivity contribution >= 4 is 22.3 Å². The number of nitrogens with zero attached hydrogens (tertiary/aromatic N) is 6. The van der Waals surface area contributed by atoms with E-state index in [2.05, 4.69) is 29.9 Å². The van der Waals surface area contributed by atoms with Gasteiger partial charge >= 0.3 is 0 Å². The van der Waals surface area contributed by atoms with Crippen molar-refractivity contribution in [3.63, 3.8) is 0 Å². The minimum atomic E-state index is 0.396. The van der Waals surface area contributed by atoms with Crippen LogP contribution in [0.15, 0.2) is 25.3 Å². The Morgan fingerprint density at radius 2 is 1.18 bits per heavy atom. The van der Waals surface area contributed by atoms with Gasteiger partial charge in [0, 0.05) is 14.1 Å². The van der Waals surface area contributed by atoms with Crippen LogP contribution in [0.3, 0.4) is 0 Å². The number of fused-ring (bicyclic) bond motifs is 2. The highest BCUT2D eigenvalue weighted by atomic mass is 15.1. The molecule has 0 bridgehead atoms. The molecule has 22 heavy (non-hydrogen) atoms. The molecule has 0 aliphatic heterocycles. The topological polar surface area (TPSA) is 141 Å². The summed E-state index contributed by atoms with van der Waals surface area (Å²) in [5, 5.41) is 15.1. The maximum Gasteiger partial charge on any atom is 0.182 e. The average Bonchev–Trinajstić information content (AvgIpc) is 3.16. The number of imidazole rings is 2. The summed E-state index contributed by atoms with van der Waals surface area (Å²) in [6, 6.07) is 0. The molecule has 4 aromatic rings. The Bertz CT molecular complexity index is 961. The van der Waals surface area contributed by atoms with E-state index in [9.17, 15) is 0 Å². The van der Waals surface area contributed by atoms with Gasteiger partial charge in [0.25, 0.3) is 0 Å². The van der Waals surface area contributed by atoms with Crippen LogP contribution in [-0.2, 0) is 14.1 Å². The quantitative estimate of drug-likeness (QED) is 0.349. The number of aryl methyl sites for hydroxylation is 2. The molecule has 0 aliphatic carbocycles. The van der Waals surface area contributed by atoms with Gasteiger partial charge in [-0.3, -0.25) is 10.8 Å². The van der Waals surface area contributed by atoms with E-state index in [1.165, 1.54) is 12.7 Å². The van der Waals surface area contributed by atoms with Crippen molar-refractivity contribution in [3.8, 4) is 0 Å². The van der Waals surface area contributed by atoms with E-state index in [1.54, 1.807) is 35.9 Å². The summed E-state index contributed by atoms with van der Waals surface area (Å²) in [6.45, 7) is 0. The third-order valence-electron chi connectivity index (χ3n) is 3.12. The molecule has 4 heterocycles. The lowest BCUT2D eigenvalue weighted by Gasteiger charge is -1.95. The van der Waals surface area contributed by atoms with Crippen molar-refractivity contribution in [2.75, 3.05) is 0 Å². The maximum atomic E-state index is 7.56. The van der Waals surface area contributed by atoms with Crippen LogP contribution in [-0.4, -0.2) is 39.0 Å². The van der Waals surface area contributed by atoms with E-state index in [4.69, 9.17) is 10.8 Å². The summed E-state index contributed by atoms with van der Waals surface area (Å²) < 4.78 is 3.25. The van der Waals surface area contributed by atoms with Crippen LogP contribution in [0.5, 0.6) is 0 Å². The van der Waals surface area contributed by atoms with Crippen LogP contribution in [0, 0.1) is 10.8 Å². The summed E-state index contributed by atoms with van der Waals surface area (Å²) >= 11 is 0. The second-order valence-electron chi connectivity index (χ2n) is 4.61. The lowest BCUT2D eigenvalue weighted by Crippen LogP contribution is -2.17. The molecule has 0 atom stereocenters. The smallest absolute Gasteiger partial charge is 0.182 e. The average molecular weight is 298 g/mol. The van der Waals surface area contributed by atoms with Gasteiger partial charge in [0.1, 0.15) is 11.0 Å². The molecule has 0 saturated heterocycles. The highest BCUT2D eigenvalue weighted by Crippen LogP contribution is 1.96. The lowest BCUT2D eigenvalue weighted by atomic mass is 10.5. The first kappa shape index (κ1) is 13.7. The molecule has 10 heteroatoms. The number of nitrogens with one attached hydrogen (secondary N) is 4. The zero-order valence-corrected chi connectivity index (χ0v) is 12.0. The fraction of sp³-hybridized carbons (Fsp3) is 0.167. The van der Waals surface area contributed by atoms with Crippen molar-refractivity contribution < 1.29 is 0 Å². The lowest BCUT2D eigenvalue weighted by molar-refractivity contribution is 0.802. The van der Waals surface area contributed by atoms with Gasteiger partial charge < -0.3 is 19.1 Å². The SMILES string of the molecule is Cn1cnc2nc[nH]c2c1=N.Cn1cnc2nc[nH]c2c1=N.